The topological polar surface area (TPSA) is 63.3 Å². The Kier molecular flexibility index (Phi) is 3.77. The van der Waals surface area contributed by atoms with E-state index in [0.717, 1.165) is 0 Å². The SMILES string of the molecule is CCCC(C(=O)O)=C(N)C(F)(F)F. The fourth-order valence-electron chi connectivity index (χ4n) is 0.778. The number of rotatable bonds is 3. The van der Waals surface area contributed by atoms with Gasteiger partial charge in [-0.3, -0.25) is 0 Å². The number of carboxylic acids is 1. The molecule has 0 bridgehead atoms. The fraction of sp³-hybridized carbons (Fsp3) is 0.571. The van der Waals surface area contributed by atoms with Gasteiger partial charge in [0, 0.05) is 0 Å². The average Bonchev–Trinajstić information content (AvgIpc) is 1.96. The van der Waals surface area contributed by atoms with E-state index >= 15 is 0 Å². The Morgan fingerprint density at radius 2 is 1.92 bits per heavy atom. The quantitative estimate of drug-likeness (QED) is 0.676. The van der Waals surface area contributed by atoms with Gasteiger partial charge < -0.3 is 10.8 Å². The zero-order chi connectivity index (χ0) is 10.6. The third-order valence-corrected chi connectivity index (χ3v) is 1.39. The number of alkyl halides is 3. The highest BCUT2D eigenvalue weighted by Gasteiger charge is 2.35. The first-order valence-electron chi connectivity index (χ1n) is 3.59. The summed E-state index contributed by atoms with van der Waals surface area (Å²) in [6.45, 7) is 1.58. The largest absolute Gasteiger partial charge is 0.478 e. The van der Waals surface area contributed by atoms with E-state index in [1.165, 1.54) is 0 Å². The van der Waals surface area contributed by atoms with E-state index in [9.17, 15) is 18.0 Å². The van der Waals surface area contributed by atoms with Gasteiger partial charge in [0.25, 0.3) is 0 Å². The van der Waals surface area contributed by atoms with Crippen LogP contribution in [-0.4, -0.2) is 17.3 Å². The summed E-state index contributed by atoms with van der Waals surface area (Å²) in [5.74, 6) is -1.61. The van der Waals surface area contributed by atoms with Crippen LogP contribution in [0.3, 0.4) is 0 Å². The van der Waals surface area contributed by atoms with Crippen molar-refractivity contribution in [2.45, 2.75) is 25.9 Å². The van der Waals surface area contributed by atoms with E-state index in [1.54, 1.807) is 6.92 Å². The van der Waals surface area contributed by atoms with E-state index < -0.39 is 23.4 Å². The van der Waals surface area contributed by atoms with Crippen LogP contribution in [0.2, 0.25) is 0 Å². The fourth-order valence-corrected chi connectivity index (χ4v) is 0.778. The first-order chi connectivity index (χ1) is 5.80. The van der Waals surface area contributed by atoms with Crippen molar-refractivity contribution >= 4 is 5.97 Å². The van der Waals surface area contributed by atoms with Gasteiger partial charge in [-0.1, -0.05) is 13.3 Å². The van der Waals surface area contributed by atoms with Gasteiger partial charge in [-0.05, 0) is 6.42 Å². The van der Waals surface area contributed by atoms with Crippen molar-refractivity contribution in [3.63, 3.8) is 0 Å². The second-order valence-corrected chi connectivity index (χ2v) is 2.45. The Bertz CT molecular complexity index is 232. The molecule has 6 heteroatoms. The molecule has 0 aromatic heterocycles. The number of allylic oxidation sites excluding steroid dienone is 1. The number of nitrogens with two attached hydrogens (primary N) is 1. The van der Waals surface area contributed by atoms with E-state index in [-0.39, 0.29) is 6.42 Å². The molecule has 0 saturated carbocycles. The number of aliphatic carboxylic acids is 1. The molecule has 0 amide bonds. The lowest BCUT2D eigenvalue weighted by Gasteiger charge is -2.10. The van der Waals surface area contributed by atoms with Crippen molar-refractivity contribution in [3.05, 3.63) is 11.3 Å². The zero-order valence-electron chi connectivity index (χ0n) is 6.98. The van der Waals surface area contributed by atoms with Crippen LogP contribution in [0.5, 0.6) is 0 Å². The minimum Gasteiger partial charge on any atom is -0.478 e. The van der Waals surface area contributed by atoms with Gasteiger partial charge >= 0.3 is 12.1 Å². The Morgan fingerprint density at radius 3 is 2.15 bits per heavy atom. The maximum atomic E-state index is 11.9. The molecule has 0 saturated heterocycles. The zero-order valence-corrected chi connectivity index (χ0v) is 6.98. The van der Waals surface area contributed by atoms with Gasteiger partial charge in [0.2, 0.25) is 0 Å². The van der Waals surface area contributed by atoms with E-state index in [2.05, 4.69) is 5.73 Å². The second-order valence-electron chi connectivity index (χ2n) is 2.45. The summed E-state index contributed by atoms with van der Waals surface area (Å²) in [7, 11) is 0. The molecule has 0 atom stereocenters. The van der Waals surface area contributed by atoms with Gasteiger partial charge in [-0.2, -0.15) is 13.2 Å². The van der Waals surface area contributed by atoms with Crippen molar-refractivity contribution in [2.24, 2.45) is 5.73 Å². The number of halogens is 3. The molecule has 0 heterocycles. The van der Waals surface area contributed by atoms with Crippen molar-refractivity contribution in [3.8, 4) is 0 Å². The predicted octanol–water partition coefficient (Wildman–Crippen LogP) is 1.65. The lowest BCUT2D eigenvalue weighted by atomic mass is 10.1. The number of carbonyl (C=O) groups is 1. The summed E-state index contributed by atoms with van der Waals surface area (Å²) in [4.78, 5) is 10.3. The van der Waals surface area contributed by atoms with Crippen LogP contribution in [0, 0.1) is 0 Å². The minimum absolute atomic E-state index is 0.180. The summed E-state index contributed by atoms with van der Waals surface area (Å²) in [5.41, 5.74) is 2.38. The normalized spacial score (nSPS) is 13.8. The summed E-state index contributed by atoms with van der Waals surface area (Å²) >= 11 is 0. The van der Waals surface area contributed by atoms with Gasteiger partial charge in [-0.25, -0.2) is 4.79 Å². The molecule has 0 rings (SSSR count). The Labute approximate surface area is 73.0 Å². The van der Waals surface area contributed by atoms with Crippen LogP contribution in [0.15, 0.2) is 11.3 Å². The summed E-state index contributed by atoms with van der Waals surface area (Å²) in [5, 5.41) is 8.40. The summed E-state index contributed by atoms with van der Waals surface area (Å²) in [6, 6.07) is 0. The highest BCUT2D eigenvalue weighted by Crippen LogP contribution is 2.25. The monoisotopic (exact) mass is 197 g/mol. The molecule has 0 fully saturated rings. The van der Waals surface area contributed by atoms with Crippen molar-refractivity contribution in [2.75, 3.05) is 0 Å². The second kappa shape index (κ2) is 4.15. The molecule has 0 aliphatic carbocycles. The molecule has 76 valence electrons. The smallest absolute Gasteiger partial charge is 0.431 e. The molecule has 0 radical (unpaired) electrons. The highest BCUT2D eigenvalue weighted by molar-refractivity contribution is 5.87. The number of hydrogen-bond donors (Lipinski definition) is 2. The van der Waals surface area contributed by atoms with Crippen LogP contribution in [0.4, 0.5) is 13.2 Å². The molecule has 13 heavy (non-hydrogen) atoms. The first kappa shape index (κ1) is 11.8. The molecular weight excluding hydrogens is 187 g/mol. The molecule has 0 aliphatic rings. The maximum Gasteiger partial charge on any atom is 0.431 e. The lowest BCUT2D eigenvalue weighted by Crippen LogP contribution is -2.24. The van der Waals surface area contributed by atoms with Crippen molar-refractivity contribution in [1.82, 2.24) is 0 Å². The van der Waals surface area contributed by atoms with Gasteiger partial charge in [0.1, 0.15) is 5.70 Å². The van der Waals surface area contributed by atoms with Crippen LogP contribution in [0.1, 0.15) is 19.8 Å². The molecule has 0 spiro atoms. The van der Waals surface area contributed by atoms with Gasteiger partial charge in [0.05, 0.1) is 5.57 Å². The van der Waals surface area contributed by atoms with Crippen molar-refractivity contribution in [1.29, 1.82) is 0 Å². The average molecular weight is 197 g/mol. The third kappa shape index (κ3) is 3.35. The molecule has 3 N–H and O–H groups in total. The molecule has 3 nitrogen and oxygen atoms in total. The Balaban J connectivity index is 4.97. The first-order valence-corrected chi connectivity index (χ1v) is 3.59. The Morgan fingerprint density at radius 1 is 1.46 bits per heavy atom. The molecule has 0 aromatic carbocycles. The minimum atomic E-state index is -4.76. The third-order valence-electron chi connectivity index (χ3n) is 1.39. The van der Waals surface area contributed by atoms with E-state index in [0.29, 0.717) is 6.42 Å². The van der Waals surface area contributed by atoms with E-state index in [4.69, 9.17) is 5.11 Å². The summed E-state index contributed by atoms with van der Waals surface area (Å²) < 4.78 is 35.8. The predicted molar refractivity (Wildman–Crippen MR) is 39.8 cm³/mol. The Hall–Kier alpha value is -1.20. The number of carboxylic acid groups (broad SMARTS) is 1. The highest BCUT2D eigenvalue weighted by atomic mass is 19.4. The molecular formula is C7H10F3NO2. The van der Waals surface area contributed by atoms with Crippen LogP contribution >= 0.6 is 0 Å². The lowest BCUT2D eigenvalue weighted by molar-refractivity contribution is -0.134. The molecule has 0 unspecified atom stereocenters. The molecule has 0 aromatic rings. The summed E-state index contributed by atoms with van der Waals surface area (Å²) in [6.07, 6.45) is -4.64. The van der Waals surface area contributed by atoms with Crippen LogP contribution < -0.4 is 5.73 Å². The van der Waals surface area contributed by atoms with Crippen molar-refractivity contribution < 1.29 is 23.1 Å². The van der Waals surface area contributed by atoms with Gasteiger partial charge in [-0.15, -0.1) is 0 Å². The standard InChI is InChI=1S/C7H10F3NO2/c1-2-3-4(6(12)13)5(11)7(8,9)10/h2-3,11H2,1H3,(H,12,13). The van der Waals surface area contributed by atoms with E-state index in [1.807, 2.05) is 0 Å². The van der Waals surface area contributed by atoms with Crippen LogP contribution in [-0.2, 0) is 4.79 Å². The maximum absolute atomic E-state index is 11.9. The van der Waals surface area contributed by atoms with Crippen LogP contribution in [0.25, 0.3) is 0 Å². The van der Waals surface area contributed by atoms with Gasteiger partial charge in [0.15, 0.2) is 0 Å². The number of hydrogen-bond acceptors (Lipinski definition) is 2. The molecule has 0 aliphatic heterocycles.